The van der Waals surface area contributed by atoms with E-state index < -0.39 is 0 Å². The summed E-state index contributed by atoms with van der Waals surface area (Å²) in [6, 6.07) is 1.93. The second kappa shape index (κ2) is 4.42. The van der Waals surface area contributed by atoms with Gasteiger partial charge in [-0.1, -0.05) is 11.6 Å². The summed E-state index contributed by atoms with van der Waals surface area (Å²) < 4.78 is 0. The summed E-state index contributed by atoms with van der Waals surface area (Å²) >= 11 is 5.80. The summed E-state index contributed by atoms with van der Waals surface area (Å²) in [7, 11) is 2.08. The summed E-state index contributed by atoms with van der Waals surface area (Å²) in [6.07, 6.45) is 8.34. The maximum absolute atomic E-state index is 5.80. The Bertz CT molecular complexity index is 382. The number of piperidine rings is 1. The van der Waals surface area contributed by atoms with E-state index in [9.17, 15) is 0 Å². The van der Waals surface area contributed by atoms with Crippen LogP contribution in [0.4, 0.5) is 5.95 Å². The number of nitrogens with zero attached hydrogens (tertiary/aromatic N) is 3. The number of hydrogen-bond acceptors (Lipinski definition) is 4. The predicted octanol–water partition coefficient (Wildman–Crippen LogP) is 1.85. The van der Waals surface area contributed by atoms with Crippen molar-refractivity contribution in [2.75, 3.05) is 11.9 Å². The van der Waals surface area contributed by atoms with Crippen LogP contribution in [0.25, 0.3) is 0 Å². The number of aromatic nitrogens is 2. The van der Waals surface area contributed by atoms with Gasteiger partial charge in [-0.2, -0.15) is 0 Å². The van der Waals surface area contributed by atoms with E-state index in [0.717, 1.165) is 5.95 Å². The largest absolute Gasteiger partial charge is 0.341 e. The Morgan fingerprint density at radius 2 is 1.82 bits per heavy atom. The summed E-state index contributed by atoms with van der Waals surface area (Å²) in [5.74, 6) is 0.778. The molecule has 2 aliphatic rings. The molecule has 0 radical (unpaired) electrons. The third-order valence-electron chi connectivity index (χ3n) is 3.92. The van der Waals surface area contributed by atoms with E-state index in [0.29, 0.717) is 23.1 Å². The van der Waals surface area contributed by atoms with Crippen molar-refractivity contribution in [3.63, 3.8) is 0 Å². The summed E-state index contributed by atoms with van der Waals surface area (Å²) in [6.45, 7) is 0. The quantitative estimate of drug-likeness (QED) is 0.872. The van der Waals surface area contributed by atoms with E-state index in [2.05, 4.69) is 27.2 Å². The number of halogens is 1. The predicted molar refractivity (Wildman–Crippen MR) is 68.4 cm³/mol. The third-order valence-corrected chi connectivity index (χ3v) is 4.11. The highest BCUT2D eigenvalue weighted by atomic mass is 35.5. The van der Waals surface area contributed by atoms with Crippen LogP contribution in [0.15, 0.2) is 12.4 Å². The van der Waals surface area contributed by atoms with Crippen molar-refractivity contribution in [3.8, 4) is 0 Å². The molecular weight excluding hydrogens is 236 g/mol. The normalized spacial score (nSPS) is 31.5. The highest BCUT2D eigenvalue weighted by Crippen LogP contribution is 2.30. The van der Waals surface area contributed by atoms with Gasteiger partial charge in [0.25, 0.3) is 0 Å². The zero-order valence-corrected chi connectivity index (χ0v) is 10.7. The van der Waals surface area contributed by atoms with Gasteiger partial charge in [0.2, 0.25) is 5.95 Å². The summed E-state index contributed by atoms with van der Waals surface area (Å²) in [4.78, 5) is 10.8. The average molecular weight is 253 g/mol. The maximum Gasteiger partial charge on any atom is 0.225 e. The molecule has 0 amide bonds. The molecule has 4 nitrogen and oxygen atoms in total. The van der Waals surface area contributed by atoms with Gasteiger partial charge in [0.05, 0.1) is 17.4 Å². The van der Waals surface area contributed by atoms with Crippen LogP contribution in [0, 0.1) is 0 Å². The molecule has 3 heterocycles. The summed E-state index contributed by atoms with van der Waals surface area (Å²) in [5, 5.41) is 4.24. The van der Waals surface area contributed by atoms with Crippen LogP contribution in [0.5, 0.6) is 0 Å². The Balaban J connectivity index is 1.73. The molecule has 2 fully saturated rings. The van der Waals surface area contributed by atoms with Crippen LogP contribution in [0.2, 0.25) is 5.02 Å². The molecule has 17 heavy (non-hydrogen) atoms. The first-order valence-corrected chi connectivity index (χ1v) is 6.56. The lowest BCUT2D eigenvalue weighted by atomic mass is 9.99. The molecule has 0 aliphatic carbocycles. The van der Waals surface area contributed by atoms with Crippen molar-refractivity contribution >= 4 is 17.5 Å². The van der Waals surface area contributed by atoms with Crippen LogP contribution < -0.4 is 10.2 Å². The molecule has 3 rings (SSSR count). The number of anilines is 1. The minimum absolute atomic E-state index is 0.551. The molecule has 0 spiro atoms. The Labute approximate surface area is 106 Å². The van der Waals surface area contributed by atoms with Crippen LogP contribution in [0.1, 0.15) is 25.7 Å². The number of hydrogen-bond donors (Lipinski definition) is 1. The topological polar surface area (TPSA) is 41.1 Å². The number of nitrogens with one attached hydrogen (secondary N) is 1. The molecule has 1 aromatic rings. The van der Waals surface area contributed by atoms with Crippen molar-refractivity contribution < 1.29 is 0 Å². The van der Waals surface area contributed by atoms with Gasteiger partial charge in [0.15, 0.2) is 0 Å². The number of rotatable bonds is 2. The lowest BCUT2D eigenvalue weighted by Crippen LogP contribution is -2.47. The average Bonchev–Trinajstić information content (AvgIpc) is 2.68. The Hall–Kier alpha value is -0.870. The van der Waals surface area contributed by atoms with Crippen LogP contribution in [-0.2, 0) is 0 Å². The van der Waals surface area contributed by atoms with E-state index >= 15 is 0 Å². The monoisotopic (exact) mass is 252 g/mol. The van der Waals surface area contributed by atoms with Crippen LogP contribution in [0.3, 0.4) is 0 Å². The van der Waals surface area contributed by atoms with Crippen LogP contribution in [-0.4, -0.2) is 35.1 Å². The van der Waals surface area contributed by atoms with Crippen molar-refractivity contribution in [1.29, 1.82) is 0 Å². The molecule has 2 saturated heterocycles. The Morgan fingerprint density at radius 3 is 2.41 bits per heavy atom. The van der Waals surface area contributed by atoms with Crippen molar-refractivity contribution in [2.24, 2.45) is 0 Å². The second-order valence-corrected chi connectivity index (χ2v) is 5.51. The first kappa shape index (κ1) is 11.2. The van der Waals surface area contributed by atoms with E-state index in [4.69, 9.17) is 11.6 Å². The van der Waals surface area contributed by atoms with E-state index in [1.165, 1.54) is 25.7 Å². The SMILES string of the molecule is CN(c1ncc(Cl)cn1)C1CC2CCC(C1)N2. The summed E-state index contributed by atoms with van der Waals surface area (Å²) in [5.41, 5.74) is 0. The fourth-order valence-electron chi connectivity index (χ4n) is 2.99. The Morgan fingerprint density at radius 1 is 1.24 bits per heavy atom. The fourth-order valence-corrected chi connectivity index (χ4v) is 3.09. The second-order valence-electron chi connectivity index (χ2n) is 5.08. The van der Waals surface area contributed by atoms with Crippen molar-refractivity contribution in [3.05, 3.63) is 17.4 Å². The molecular formula is C12H17ClN4. The molecule has 2 aliphatic heterocycles. The number of fused-ring (bicyclic) bond motifs is 2. The highest BCUT2D eigenvalue weighted by molar-refractivity contribution is 6.30. The molecule has 0 saturated carbocycles. The zero-order valence-electron chi connectivity index (χ0n) is 9.93. The Kier molecular flexibility index (Phi) is 2.92. The first-order chi connectivity index (χ1) is 8.22. The third kappa shape index (κ3) is 2.24. The van der Waals surface area contributed by atoms with Gasteiger partial charge in [-0.05, 0) is 25.7 Å². The minimum Gasteiger partial charge on any atom is -0.341 e. The minimum atomic E-state index is 0.551. The molecule has 2 atom stereocenters. The van der Waals surface area contributed by atoms with E-state index in [1.807, 2.05) is 0 Å². The highest BCUT2D eigenvalue weighted by Gasteiger charge is 2.35. The maximum atomic E-state index is 5.80. The molecule has 92 valence electrons. The lowest BCUT2D eigenvalue weighted by Gasteiger charge is -2.35. The molecule has 0 aromatic carbocycles. The van der Waals surface area contributed by atoms with E-state index in [1.54, 1.807) is 12.4 Å². The first-order valence-electron chi connectivity index (χ1n) is 6.19. The molecule has 1 N–H and O–H groups in total. The van der Waals surface area contributed by atoms with Gasteiger partial charge >= 0.3 is 0 Å². The standard InChI is InChI=1S/C12H17ClN4/c1-17(12-14-6-8(13)7-15-12)11-4-9-2-3-10(5-11)16-9/h6-7,9-11,16H,2-5H2,1H3. The molecule has 5 heteroatoms. The molecule has 2 unspecified atom stereocenters. The van der Waals surface area contributed by atoms with Gasteiger partial charge in [-0.15, -0.1) is 0 Å². The van der Waals surface area contributed by atoms with Gasteiger partial charge < -0.3 is 10.2 Å². The molecule has 1 aromatic heterocycles. The fraction of sp³-hybridized carbons (Fsp3) is 0.667. The van der Waals surface area contributed by atoms with E-state index in [-0.39, 0.29) is 0 Å². The van der Waals surface area contributed by atoms with Gasteiger partial charge in [0, 0.05) is 25.2 Å². The zero-order chi connectivity index (χ0) is 11.8. The van der Waals surface area contributed by atoms with Gasteiger partial charge in [0.1, 0.15) is 0 Å². The van der Waals surface area contributed by atoms with Gasteiger partial charge in [-0.3, -0.25) is 0 Å². The van der Waals surface area contributed by atoms with Crippen molar-refractivity contribution in [2.45, 2.75) is 43.8 Å². The van der Waals surface area contributed by atoms with Crippen molar-refractivity contribution in [1.82, 2.24) is 15.3 Å². The lowest BCUT2D eigenvalue weighted by molar-refractivity contribution is 0.352. The van der Waals surface area contributed by atoms with Crippen LogP contribution >= 0.6 is 11.6 Å². The smallest absolute Gasteiger partial charge is 0.225 e. The molecule has 2 bridgehead atoms. The van der Waals surface area contributed by atoms with Gasteiger partial charge in [-0.25, -0.2) is 9.97 Å².